The maximum atomic E-state index is 5.44. The van der Waals surface area contributed by atoms with Crippen molar-refractivity contribution in [2.24, 2.45) is 0 Å². The summed E-state index contributed by atoms with van der Waals surface area (Å²) >= 11 is 4.05. The van der Waals surface area contributed by atoms with Gasteiger partial charge < -0.3 is 9.47 Å². The summed E-state index contributed by atoms with van der Waals surface area (Å²) in [5.41, 5.74) is 0. The Balaban J connectivity index is 2.81. The average molecular weight is 234 g/mol. The first kappa shape index (κ1) is 15.3. The fraction of sp³-hybridized carbons (Fsp3) is 1.00. The molecule has 0 fully saturated rings. The van der Waals surface area contributed by atoms with E-state index in [0.29, 0.717) is 6.61 Å². The number of rotatable bonds is 12. The second kappa shape index (κ2) is 14.3. The van der Waals surface area contributed by atoms with E-state index in [0.717, 1.165) is 25.6 Å². The van der Waals surface area contributed by atoms with Crippen LogP contribution in [0.5, 0.6) is 0 Å². The summed E-state index contributed by atoms with van der Waals surface area (Å²) in [5.74, 6) is 0.789. The lowest BCUT2D eigenvalue weighted by molar-refractivity contribution is 0.0523. The predicted octanol–water partition coefficient (Wildman–Crippen LogP) is 3.31. The predicted molar refractivity (Wildman–Crippen MR) is 68.9 cm³/mol. The van der Waals surface area contributed by atoms with E-state index in [9.17, 15) is 0 Å². The van der Waals surface area contributed by atoms with Gasteiger partial charge in [0.15, 0.2) is 0 Å². The van der Waals surface area contributed by atoms with Gasteiger partial charge in [0.25, 0.3) is 0 Å². The molecule has 0 bridgehead atoms. The highest BCUT2D eigenvalue weighted by molar-refractivity contribution is 7.80. The summed E-state index contributed by atoms with van der Waals surface area (Å²) < 4.78 is 10.7. The summed E-state index contributed by atoms with van der Waals surface area (Å²) in [6.07, 6.45) is 7.92. The molecule has 0 aromatic carbocycles. The largest absolute Gasteiger partial charge is 0.379 e. The molecule has 0 rings (SSSR count). The van der Waals surface area contributed by atoms with Crippen LogP contribution in [0.15, 0.2) is 0 Å². The molecule has 0 aromatic heterocycles. The van der Waals surface area contributed by atoms with Gasteiger partial charge in [0.2, 0.25) is 0 Å². The molecule has 3 heteroatoms. The van der Waals surface area contributed by atoms with Gasteiger partial charge in [0.05, 0.1) is 19.8 Å². The first-order chi connectivity index (χ1) is 7.41. The first-order valence-corrected chi connectivity index (χ1v) is 6.81. The third kappa shape index (κ3) is 14.3. The number of ether oxygens (including phenoxy) is 2. The minimum Gasteiger partial charge on any atom is -0.379 e. The lowest BCUT2D eigenvalue weighted by Crippen LogP contribution is -2.06. The van der Waals surface area contributed by atoms with E-state index in [2.05, 4.69) is 19.6 Å². The Morgan fingerprint density at radius 2 is 1.33 bits per heavy atom. The molecule has 0 aliphatic heterocycles. The molecule has 0 amide bonds. The third-order valence-electron chi connectivity index (χ3n) is 2.25. The Hall–Kier alpha value is 0.270. The molecule has 15 heavy (non-hydrogen) atoms. The molecule has 0 saturated carbocycles. The summed E-state index contributed by atoms with van der Waals surface area (Å²) in [5, 5.41) is 0. The highest BCUT2D eigenvalue weighted by Gasteiger charge is 1.91. The van der Waals surface area contributed by atoms with Gasteiger partial charge >= 0.3 is 0 Å². The lowest BCUT2D eigenvalue weighted by atomic mass is 10.1. The van der Waals surface area contributed by atoms with Crippen LogP contribution in [-0.4, -0.2) is 32.2 Å². The van der Waals surface area contributed by atoms with E-state index in [1.807, 2.05) is 0 Å². The van der Waals surface area contributed by atoms with Crippen molar-refractivity contribution < 1.29 is 9.47 Å². The Morgan fingerprint density at radius 1 is 0.733 bits per heavy atom. The smallest absolute Gasteiger partial charge is 0.0700 e. The van der Waals surface area contributed by atoms with Crippen LogP contribution in [-0.2, 0) is 9.47 Å². The maximum absolute atomic E-state index is 5.44. The van der Waals surface area contributed by atoms with Gasteiger partial charge in [-0.1, -0.05) is 39.0 Å². The van der Waals surface area contributed by atoms with Gasteiger partial charge in [0.1, 0.15) is 0 Å². The van der Waals surface area contributed by atoms with Crippen molar-refractivity contribution in [1.29, 1.82) is 0 Å². The molecule has 0 aliphatic carbocycles. The van der Waals surface area contributed by atoms with Crippen molar-refractivity contribution in [3.63, 3.8) is 0 Å². The molecule has 0 heterocycles. The van der Waals surface area contributed by atoms with Gasteiger partial charge in [0, 0.05) is 12.4 Å². The van der Waals surface area contributed by atoms with Crippen molar-refractivity contribution in [3.05, 3.63) is 0 Å². The molecular formula is C12H26O2S. The van der Waals surface area contributed by atoms with Gasteiger partial charge in [-0.25, -0.2) is 0 Å². The number of unbranched alkanes of at least 4 members (excludes halogenated alkanes) is 5. The number of thiol groups is 1. The van der Waals surface area contributed by atoms with Crippen LogP contribution in [0, 0.1) is 0 Å². The first-order valence-electron chi connectivity index (χ1n) is 6.18. The van der Waals surface area contributed by atoms with E-state index in [1.165, 1.54) is 38.5 Å². The molecule has 0 N–H and O–H groups in total. The van der Waals surface area contributed by atoms with Crippen molar-refractivity contribution in [2.45, 2.75) is 45.4 Å². The standard InChI is InChI=1S/C12H26O2S/c1-2-3-4-5-6-7-8-13-9-10-14-11-12-15/h15H,2-12H2,1H3. The molecule has 2 nitrogen and oxygen atoms in total. The van der Waals surface area contributed by atoms with E-state index in [1.54, 1.807) is 0 Å². The molecule has 0 unspecified atom stereocenters. The summed E-state index contributed by atoms with van der Waals surface area (Å²) in [7, 11) is 0. The zero-order valence-corrected chi connectivity index (χ0v) is 10.9. The van der Waals surface area contributed by atoms with Gasteiger partial charge in [-0.3, -0.25) is 0 Å². The Bertz CT molecular complexity index is 97.8. The monoisotopic (exact) mass is 234 g/mol. The Kier molecular flexibility index (Phi) is 14.5. The minimum atomic E-state index is 0.705. The zero-order chi connectivity index (χ0) is 11.2. The molecule has 0 saturated heterocycles. The van der Waals surface area contributed by atoms with E-state index < -0.39 is 0 Å². The molecular weight excluding hydrogens is 208 g/mol. The molecule has 92 valence electrons. The van der Waals surface area contributed by atoms with Crippen LogP contribution >= 0.6 is 12.6 Å². The van der Waals surface area contributed by atoms with Crippen molar-refractivity contribution in [1.82, 2.24) is 0 Å². The molecule has 0 spiro atoms. The number of hydrogen-bond donors (Lipinski definition) is 1. The van der Waals surface area contributed by atoms with Crippen LogP contribution in [0.4, 0.5) is 0 Å². The Labute approximate surface area is 100 Å². The van der Waals surface area contributed by atoms with Crippen LogP contribution in [0.3, 0.4) is 0 Å². The summed E-state index contributed by atoms with van der Waals surface area (Å²) in [6, 6.07) is 0. The molecule has 0 radical (unpaired) electrons. The normalized spacial score (nSPS) is 10.8. The summed E-state index contributed by atoms with van der Waals surface area (Å²) in [6.45, 7) is 5.28. The fourth-order valence-electron chi connectivity index (χ4n) is 1.37. The average Bonchev–Trinajstić information content (AvgIpc) is 2.26. The van der Waals surface area contributed by atoms with E-state index in [4.69, 9.17) is 9.47 Å². The highest BCUT2D eigenvalue weighted by atomic mass is 32.1. The van der Waals surface area contributed by atoms with Gasteiger partial charge in [-0.05, 0) is 6.42 Å². The maximum Gasteiger partial charge on any atom is 0.0700 e. The van der Waals surface area contributed by atoms with Crippen LogP contribution < -0.4 is 0 Å². The summed E-state index contributed by atoms with van der Waals surface area (Å²) in [4.78, 5) is 0. The van der Waals surface area contributed by atoms with Gasteiger partial charge in [-0.2, -0.15) is 12.6 Å². The van der Waals surface area contributed by atoms with E-state index in [-0.39, 0.29) is 0 Å². The lowest BCUT2D eigenvalue weighted by Gasteiger charge is -2.04. The SMILES string of the molecule is CCCCCCCCOCCOCCS. The van der Waals surface area contributed by atoms with Crippen LogP contribution in [0.1, 0.15) is 45.4 Å². The quantitative estimate of drug-likeness (QED) is 0.412. The van der Waals surface area contributed by atoms with Gasteiger partial charge in [-0.15, -0.1) is 0 Å². The Morgan fingerprint density at radius 3 is 2.00 bits per heavy atom. The second-order valence-corrected chi connectivity index (χ2v) is 4.16. The topological polar surface area (TPSA) is 18.5 Å². The number of hydrogen-bond acceptors (Lipinski definition) is 3. The van der Waals surface area contributed by atoms with Crippen molar-refractivity contribution in [2.75, 3.05) is 32.2 Å². The van der Waals surface area contributed by atoms with E-state index >= 15 is 0 Å². The molecule has 0 atom stereocenters. The molecule has 0 aliphatic rings. The zero-order valence-electron chi connectivity index (χ0n) is 10.0. The minimum absolute atomic E-state index is 0.705. The van der Waals surface area contributed by atoms with Crippen molar-refractivity contribution in [3.8, 4) is 0 Å². The fourth-order valence-corrected chi connectivity index (χ4v) is 1.50. The second-order valence-electron chi connectivity index (χ2n) is 3.72. The highest BCUT2D eigenvalue weighted by Crippen LogP contribution is 2.04. The molecule has 0 aromatic rings. The third-order valence-corrected chi connectivity index (χ3v) is 2.43. The van der Waals surface area contributed by atoms with Crippen molar-refractivity contribution >= 4 is 12.6 Å². The van der Waals surface area contributed by atoms with Crippen LogP contribution in [0.25, 0.3) is 0 Å². The van der Waals surface area contributed by atoms with Crippen LogP contribution in [0.2, 0.25) is 0 Å².